The molecule has 2 fully saturated rings. The second kappa shape index (κ2) is 16.8. The van der Waals surface area contributed by atoms with Gasteiger partial charge in [-0.1, -0.05) is 23.3 Å². The number of hydrogen-bond acceptors (Lipinski definition) is 12. The quantitative estimate of drug-likeness (QED) is 0.184. The maximum atomic E-state index is 13.1. The predicted molar refractivity (Wildman–Crippen MR) is 152 cm³/mol. The van der Waals surface area contributed by atoms with E-state index in [1.165, 1.54) is 19.2 Å². The van der Waals surface area contributed by atoms with Gasteiger partial charge in [0.1, 0.15) is 18.1 Å². The van der Waals surface area contributed by atoms with E-state index in [2.05, 4.69) is 15.0 Å². The van der Waals surface area contributed by atoms with Gasteiger partial charge in [0.15, 0.2) is 0 Å². The van der Waals surface area contributed by atoms with Gasteiger partial charge in [0.25, 0.3) is 5.56 Å². The summed E-state index contributed by atoms with van der Waals surface area (Å²) >= 11 is 0. The Balaban J connectivity index is 1.42. The van der Waals surface area contributed by atoms with E-state index >= 15 is 0 Å². The van der Waals surface area contributed by atoms with Crippen LogP contribution in [0.25, 0.3) is 10.4 Å². The number of benzene rings is 1. The maximum Gasteiger partial charge on any atom is 0.527 e. The number of para-hydroxylation sites is 1. The van der Waals surface area contributed by atoms with Gasteiger partial charge >= 0.3 is 13.5 Å². The highest BCUT2D eigenvalue weighted by molar-refractivity contribution is 7.47. The van der Waals surface area contributed by atoms with E-state index in [9.17, 15) is 19.0 Å². The highest BCUT2D eigenvalue weighted by atomic mass is 31.2. The summed E-state index contributed by atoms with van der Waals surface area (Å²) in [5, 5.41) is 3.69. The summed E-state index contributed by atoms with van der Waals surface area (Å²) in [6.07, 6.45) is -1.21. The molecule has 242 valence electrons. The lowest BCUT2D eigenvalue weighted by molar-refractivity contribution is -0.0478. The zero-order chi connectivity index (χ0) is 31.4. The molecule has 2 aliphatic rings. The molecule has 0 spiro atoms. The monoisotopic (exact) mass is 641 g/mol. The first-order chi connectivity index (χ1) is 21.3. The van der Waals surface area contributed by atoms with Crippen LogP contribution in [0.3, 0.4) is 0 Å². The van der Waals surface area contributed by atoms with Crippen molar-refractivity contribution in [1.29, 1.82) is 0 Å². The van der Waals surface area contributed by atoms with Crippen LogP contribution in [0.15, 0.2) is 45.2 Å². The summed E-state index contributed by atoms with van der Waals surface area (Å²) < 4.78 is 58.9. The Morgan fingerprint density at radius 2 is 1.73 bits per heavy atom. The zero-order valence-electron chi connectivity index (χ0n) is 24.1. The molecule has 2 N–H and O–H groups in total. The molecule has 5 atom stereocenters. The number of hydrogen-bond donors (Lipinski definition) is 2. The SMILES string of the molecule is Cc1cn([C@H]2C[C@H](N=[N+]=[N-])[C@@H](COP(=O)(O)Oc3ccccc3C3COCCOCCOCCOCCO3)O2)c(=O)[nH]c1=O. The summed E-state index contributed by atoms with van der Waals surface area (Å²) in [6.45, 7) is 3.96. The van der Waals surface area contributed by atoms with Crippen molar-refractivity contribution in [3.05, 3.63) is 72.9 Å². The number of aromatic amines is 1. The Labute approximate surface area is 252 Å². The molecule has 1 aromatic carbocycles. The van der Waals surface area contributed by atoms with Gasteiger partial charge in [-0.15, -0.1) is 0 Å². The van der Waals surface area contributed by atoms with Gasteiger partial charge in [-0.05, 0) is 18.5 Å². The smallest absolute Gasteiger partial charge is 0.404 e. The molecule has 0 aliphatic carbocycles. The van der Waals surface area contributed by atoms with Crippen LogP contribution in [0.4, 0.5) is 0 Å². The first-order valence-corrected chi connectivity index (χ1v) is 15.5. The second-order valence-corrected chi connectivity index (χ2v) is 11.2. The van der Waals surface area contributed by atoms with Gasteiger partial charge in [0, 0.05) is 28.7 Å². The number of phosphoric acid groups is 1. The van der Waals surface area contributed by atoms with Crippen molar-refractivity contribution >= 4 is 7.82 Å². The minimum absolute atomic E-state index is 0.0301. The molecule has 44 heavy (non-hydrogen) atoms. The van der Waals surface area contributed by atoms with E-state index in [4.69, 9.17) is 43.0 Å². The standard InChI is InChI=1S/C26H36N5O12P/c1-18-15-31(26(33)28-25(18)32)24-14-20(29-30-27)23(42-24)17-41-44(34,35)43-21-5-3-2-4-19(21)22-16-39-11-10-37-7-6-36-8-9-38-12-13-40-22/h2-5,15,20,22-24H,6-14,16-17H2,1H3,(H,34,35)(H,28,32,33)/t20-,22?,23+,24+/m0/s1. The molecular weight excluding hydrogens is 605 g/mol. The van der Waals surface area contributed by atoms with E-state index in [0.717, 1.165) is 4.57 Å². The van der Waals surface area contributed by atoms with Gasteiger partial charge < -0.3 is 32.9 Å². The first kappa shape index (κ1) is 33.8. The Hall–Kier alpha value is -3.08. The van der Waals surface area contributed by atoms with Crippen LogP contribution in [0.5, 0.6) is 5.75 Å². The highest BCUT2D eigenvalue weighted by Crippen LogP contribution is 2.47. The van der Waals surface area contributed by atoms with E-state index < -0.39 is 50.2 Å². The Morgan fingerprint density at radius 3 is 2.43 bits per heavy atom. The van der Waals surface area contributed by atoms with Crippen molar-refractivity contribution in [3.8, 4) is 5.75 Å². The van der Waals surface area contributed by atoms with E-state index in [-0.39, 0.29) is 30.9 Å². The van der Waals surface area contributed by atoms with E-state index in [1.807, 2.05) is 0 Å². The van der Waals surface area contributed by atoms with Crippen LogP contribution in [0, 0.1) is 6.92 Å². The number of nitrogens with one attached hydrogen (secondary N) is 1. The lowest BCUT2D eigenvalue weighted by Crippen LogP contribution is -2.33. The Bertz CT molecular complexity index is 1410. The zero-order valence-corrected chi connectivity index (χ0v) is 25.0. The third kappa shape index (κ3) is 9.97. The van der Waals surface area contributed by atoms with Crippen molar-refractivity contribution in [2.45, 2.75) is 37.8 Å². The number of azide groups is 1. The summed E-state index contributed by atoms with van der Waals surface area (Å²) in [5.74, 6) is 0.0301. The lowest BCUT2D eigenvalue weighted by Gasteiger charge is -2.23. The second-order valence-electron chi connectivity index (χ2n) is 9.78. The largest absolute Gasteiger partial charge is 0.527 e. The van der Waals surface area contributed by atoms with Gasteiger partial charge in [0.05, 0.1) is 78.2 Å². The maximum absolute atomic E-state index is 13.1. The number of nitrogens with zero attached hydrogens (tertiary/aromatic N) is 4. The number of phosphoric ester groups is 1. The molecule has 0 bridgehead atoms. The van der Waals surface area contributed by atoms with Crippen LogP contribution in [-0.4, -0.2) is 92.7 Å². The minimum Gasteiger partial charge on any atom is -0.404 e. The molecule has 0 radical (unpaired) electrons. The number of aryl methyl sites for hydroxylation is 1. The Morgan fingerprint density at radius 1 is 1.07 bits per heavy atom. The summed E-state index contributed by atoms with van der Waals surface area (Å²) in [7, 11) is -4.75. The molecule has 4 rings (SSSR count). The molecule has 3 heterocycles. The Kier molecular flexibility index (Phi) is 12.9. The summed E-state index contributed by atoms with van der Waals surface area (Å²) in [6, 6.07) is 5.67. The van der Waals surface area contributed by atoms with Gasteiger partial charge in [0.2, 0.25) is 0 Å². The van der Waals surface area contributed by atoms with Crippen LogP contribution in [0.2, 0.25) is 0 Å². The summed E-state index contributed by atoms with van der Waals surface area (Å²) in [4.78, 5) is 39.7. The third-order valence-corrected chi connectivity index (χ3v) is 7.58. The van der Waals surface area contributed by atoms with Crippen molar-refractivity contribution in [2.24, 2.45) is 5.11 Å². The normalized spacial score (nSPS) is 25.6. The average molecular weight is 642 g/mol. The summed E-state index contributed by atoms with van der Waals surface area (Å²) in [5.41, 5.74) is 8.48. The number of aromatic nitrogens is 2. The molecule has 2 aliphatic heterocycles. The van der Waals surface area contributed by atoms with E-state index in [0.29, 0.717) is 51.8 Å². The van der Waals surface area contributed by atoms with Gasteiger partial charge in [-0.25, -0.2) is 9.36 Å². The topological polar surface area (TPSA) is 215 Å². The fraction of sp³-hybridized carbons (Fsp3) is 0.615. The lowest BCUT2D eigenvalue weighted by atomic mass is 10.1. The van der Waals surface area contributed by atoms with Crippen molar-refractivity contribution in [1.82, 2.24) is 9.55 Å². The minimum atomic E-state index is -4.75. The number of ether oxygens (including phenoxy) is 6. The predicted octanol–water partition coefficient (Wildman–Crippen LogP) is 2.15. The molecule has 2 saturated heterocycles. The van der Waals surface area contributed by atoms with Crippen LogP contribution in [0.1, 0.15) is 29.9 Å². The molecular formula is C26H36N5O12P. The first-order valence-electron chi connectivity index (χ1n) is 14.0. The number of rotatable bonds is 8. The third-order valence-electron chi connectivity index (χ3n) is 6.67. The number of H-pyrrole nitrogens is 1. The molecule has 0 saturated carbocycles. The van der Waals surface area contributed by atoms with Gasteiger partial charge in [-0.2, -0.15) is 0 Å². The highest BCUT2D eigenvalue weighted by Gasteiger charge is 2.39. The van der Waals surface area contributed by atoms with Crippen LogP contribution >= 0.6 is 7.82 Å². The fourth-order valence-electron chi connectivity index (χ4n) is 4.50. The van der Waals surface area contributed by atoms with Crippen LogP contribution in [-0.2, 0) is 37.5 Å². The molecule has 17 nitrogen and oxygen atoms in total. The van der Waals surface area contributed by atoms with Gasteiger partial charge in [-0.3, -0.25) is 23.8 Å². The fourth-order valence-corrected chi connectivity index (χ4v) is 5.30. The molecule has 0 amide bonds. The van der Waals surface area contributed by atoms with Crippen molar-refractivity contribution < 1.29 is 46.9 Å². The molecule has 18 heteroatoms. The van der Waals surface area contributed by atoms with Crippen LogP contribution < -0.4 is 15.8 Å². The molecule has 1 aromatic heterocycles. The van der Waals surface area contributed by atoms with Crippen molar-refractivity contribution in [2.75, 3.05) is 66.1 Å². The molecule has 2 unspecified atom stereocenters. The van der Waals surface area contributed by atoms with Crippen molar-refractivity contribution in [3.63, 3.8) is 0 Å². The molecule has 2 aromatic rings. The average Bonchev–Trinajstić information content (AvgIpc) is 3.39. The van der Waals surface area contributed by atoms with E-state index in [1.54, 1.807) is 18.2 Å².